The molecule has 6 aromatic carbocycles. The van der Waals surface area contributed by atoms with E-state index >= 15 is 0 Å². The minimum Gasteiger partial charge on any atom is -0.473 e. The summed E-state index contributed by atoms with van der Waals surface area (Å²) in [7, 11) is 0. The van der Waals surface area contributed by atoms with Crippen molar-refractivity contribution in [3.8, 4) is 34.5 Å². The number of hydrogen-bond acceptors (Lipinski definition) is 12. The number of hydrogen-bond donors (Lipinski definition) is 0. The molecule has 12 nitrogen and oxygen atoms in total. The zero-order chi connectivity index (χ0) is 38.7. The lowest BCUT2D eigenvalue weighted by molar-refractivity contribution is 0.239. The summed E-state index contributed by atoms with van der Waals surface area (Å²) in [6.07, 6.45) is 0. The lowest BCUT2D eigenvalue weighted by Gasteiger charge is -2.29. The number of para-hydroxylation sites is 6. The first kappa shape index (κ1) is 37.8. The summed E-state index contributed by atoms with van der Waals surface area (Å²) in [6, 6.07) is 57.1. The molecular formula is C45H42N6O6. The van der Waals surface area contributed by atoms with E-state index in [1.807, 2.05) is 182 Å². The van der Waals surface area contributed by atoms with E-state index in [0.29, 0.717) is 34.5 Å². The highest BCUT2D eigenvalue weighted by molar-refractivity contribution is 5.47. The van der Waals surface area contributed by atoms with Crippen LogP contribution in [0.1, 0.15) is 0 Å². The number of anilines is 3. The molecule has 0 saturated heterocycles. The van der Waals surface area contributed by atoms with Gasteiger partial charge < -0.3 is 28.4 Å². The summed E-state index contributed by atoms with van der Waals surface area (Å²) in [4.78, 5) is 20.3. The Balaban J connectivity index is 1.28. The highest BCUT2D eigenvalue weighted by Gasteiger charge is 2.23. The van der Waals surface area contributed by atoms with Crippen molar-refractivity contribution in [2.24, 2.45) is 0 Å². The molecule has 0 saturated carbocycles. The molecule has 0 aliphatic heterocycles. The molecular weight excluding hydrogens is 721 g/mol. The molecule has 0 N–H and O–H groups in total. The number of nitrogens with zero attached hydrogens (tertiary/aromatic N) is 6. The Bertz CT molecular complexity index is 1780. The summed E-state index contributed by atoms with van der Waals surface area (Å²) < 4.78 is 37.5. The molecule has 288 valence electrons. The minimum absolute atomic E-state index is 0.0435. The van der Waals surface area contributed by atoms with Gasteiger partial charge in [0.05, 0.1) is 0 Å². The van der Waals surface area contributed by atoms with Crippen LogP contribution >= 0.6 is 0 Å². The van der Waals surface area contributed by atoms with Gasteiger partial charge in [0.15, 0.2) is 40.4 Å². The highest BCUT2D eigenvalue weighted by Crippen LogP contribution is 2.24. The fourth-order valence-electron chi connectivity index (χ4n) is 5.24. The summed E-state index contributed by atoms with van der Waals surface area (Å²) in [5.74, 6) is 4.78. The summed E-state index contributed by atoms with van der Waals surface area (Å²) in [6.45, 7) is 0.261. The molecule has 7 rings (SSSR count). The van der Waals surface area contributed by atoms with Gasteiger partial charge in [-0.2, -0.15) is 15.0 Å². The van der Waals surface area contributed by atoms with E-state index in [1.165, 1.54) is 0 Å². The molecule has 0 fully saturated rings. The number of ether oxygens (including phenoxy) is 6. The Morgan fingerprint density at radius 1 is 0.246 bits per heavy atom. The summed E-state index contributed by atoms with van der Waals surface area (Å²) in [5, 5.41) is 0. The third-order valence-electron chi connectivity index (χ3n) is 8.23. The maximum atomic E-state index is 6.25. The Morgan fingerprint density at radius 3 is 0.561 bits per heavy atom. The van der Waals surface area contributed by atoms with Crippen molar-refractivity contribution in [2.45, 2.75) is 0 Å². The van der Waals surface area contributed by atoms with Crippen LogP contribution in [0.5, 0.6) is 34.5 Å². The van der Waals surface area contributed by atoms with Gasteiger partial charge in [0, 0.05) is 0 Å². The van der Waals surface area contributed by atoms with Crippen LogP contribution < -0.4 is 43.1 Å². The molecule has 0 unspecified atom stereocenters. The van der Waals surface area contributed by atoms with Crippen LogP contribution in [0.4, 0.5) is 17.8 Å². The Kier molecular flexibility index (Phi) is 13.5. The van der Waals surface area contributed by atoms with Crippen molar-refractivity contribution in [1.29, 1.82) is 0 Å². The first-order chi connectivity index (χ1) is 28.2. The van der Waals surface area contributed by atoms with Gasteiger partial charge in [0.1, 0.15) is 34.5 Å². The van der Waals surface area contributed by atoms with Gasteiger partial charge >= 0.3 is 0 Å². The first-order valence-corrected chi connectivity index (χ1v) is 18.3. The molecule has 1 heterocycles. The molecule has 0 radical (unpaired) electrons. The quantitative estimate of drug-likeness (QED) is 0.0656. The maximum absolute atomic E-state index is 6.25. The van der Waals surface area contributed by atoms with Crippen LogP contribution in [0.3, 0.4) is 0 Å². The molecule has 12 heteroatoms. The van der Waals surface area contributed by atoms with E-state index in [1.54, 1.807) is 14.7 Å². The predicted molar refractivity (Wildman–Crippen MR) is 219 cm³/mol. The number of aromatic nitrogens is 3. The van der Waals surface area contributed by atoms with Crippen LogP contribution in [0.15, 0.2) is 182 Å². The van der Waals surface area contributed by atoms with Crippen molar-refractivity contribution in [1.82, 2.24) is 15.0 Å². The van der Waals surface area contributed by atoms with Gasteiger partial charge in [-0.05, 0) is 72.8 Å². The standard InChI is InChI=1S/C45H42N6O6/c1-7-19-37(20-8-1)52-31-49(32-53-38-21-9-2-10-22-38)43-46-44(50(33-54-39-23-11-3-12-24-39)34-55-40-25-13-4-14-26-40)48-45(47-43)51(35-56-41-27-15-5-16-28-41)36-57-42-29-17-6-18-30-42/h1-30H,31-36H2. The average molecular weight is 763 g/mol. The summed E-state index contributed by atoms with van der Waals surface area (Å²) in [5.41, 5.74) is 0. The molecule has 0 spiro atoms. The van der Waals surface area contributed by atoms with E-state index in [9.17, 15) is 0 Å². The Hall–Kier alpha value is -7.47. The van der Waals surface area contributed by atoms with Gasteiger partial charge in [-0.25, -0.2) is 0 Å². The summed E-state index contributed by atoms with van der Waals surface area (Å²) >= 11 is 0. The number of benzene rings is 6. The Morgan fingerprint density at radius 2 is 0.404 bits per heavy atom. The van der Waals surface area contributed by atoms with E-state index in [0.717, 1.165) is 0 Å². The van der Waals surface area contributed by atoms with E-state index < -0.39 is 0 Å². The van der Waals surface area contributed by atoms with Crippen molar-refractivity contribution >= 4 is 17.8 Å². The second-order valence-electron chi connectivity index (χ2n) is 12.4. The fourth-order valence-corrected chi connectivity index (χ4v) is 5.24. The van der Waals surface area contributed by atoms with Gasteiger partial charge in [0.2, 0.25) is 17.8 Å². The van der Waals surface area contributed by atoms with Crippen molar-refractivity contribution in [3.63, 3.8) is 0 Å². The van der Waals surface area contributed by atoms with E-state index in [-0.39, 0.29) is 58.2 Å². The van der Waals surface area contributed by atoms with Gasteiger partial charge in [-0.1, -0.05) is 109 Å². The van der Waals surface area contributed by atoms with Crippen LogP contribution in [-0.4, -0.2) is 55.3 Å². The predicted octanol–water partition coefficient (Wildman–Crippen LogP) is 8.51. The normalized spacial score (nSPS) is 10.5. The van der Waals surface area contributed by atoms with E-state index in [4.69, 9.17) is 43.4 Å². The number of rotatable bonds is 21. The fraction of sp³-hybridized carbons (Fsp3) is 0.133. The lowest BCUT2D eigenvalue weighted by Crippen LogP contribution is -2.39. The average Bonchev–Trinajstić information content (AvgIpc) is 3.28. The molecule has 0 aliphatic carbocycles. The second-order valence-corrected chi connectivity index (χ2v) is 12.4. The third kappa shape index (κ3) is 11.8. The smallest absolute Gasteiger partial charge is 0.237 e. The zero-order valence-electron chi connectivity index (χ0n) is 31.2. The molecule has 0 aliphatic rings. The van der Waals surface area contributed by atoms with Crippen LogP contribution in [0, 0.1) is 0 Å². The third-order valence-corrected chi connectivity index (χ3v) is 8.23. The first-order valence-electron chi connectivity index (χ1n) is 18.3. The van der Waals surface area contributed by atoms with Crippen molar-refractivity contribution in [3.05, 3.63) is 182 Å². The maximum Gasteiger partial charge on any atom is 0.237 e. The van der Waals surface area contributed by atoms with Gasteiger partial charge in [-0.15, -0.1) is 0 Å². The second kappa shape index (κ2) is 20.3. The molecule has 0 bridgehead atoms. The molecule has 57 heavy (non-hydrogen) atoms. The minimum atomic E-state index is 0.0435. The van der Waals surface area contributed by atoms with E-state index in [2.05, 4.69) is 0 Å². The molecule has 7 aromatic rings. The molecule has 0 amide bonds. The monoisotopic (exact) mass is 762 g/mol. The SMILES string of the molecule is c1ccc(OCN(COc2ccccc2)c2nc(N(COc3ccccc3)COc3ccccc3)nc(N(COc3ccccc3)COc3ccccc3)n2)cc1. The topological polar surface area (TPSA) is 104 Å². The molecule has 1 aromatic heterocycles. The van der Waals surface area contributed by atoms with Crippen molar-refractivity contribution < 1.29 is 28.4 Å². The highest BCUT2D eigenvalue weighted by atomic mass is 16.5. The van der Waals surface area contributed by atoms with Crippen molar-refractivity contribution in [2.75, 3.05) is 55.1 Å². The largest absolute Gasteiger partial charge is 0.473 e. The van der Waals surface area contributed by atoms with Gasteiger partial charge in [-0.3, -0.25) is 14.7 Å². The van der Waals surface area contributed by atoms with Crippen LogP contribution in [0.2, 0.25) is 0 Å². The molecule has 0 atom stereocenters. The van der Waals surface area contributed by atoms with Crippen LogP contribution in [0.25, 0.3) is 0 Å². The Labute approximate surface area is 332 Å². The lowest BCUT2D eigenvalue weighted by atomic mass is 10.3. The van der Waals surface area contributed by atoms with Gasteiger partial charge in [0.25, 0.3) is 0 Å². The van der Waals surface area contributed by atoms with Crippen LogP contribution in [-0.2, 0) is 0 Å². The zero-order valence-corrected chi connectivity index (χ0v) is 31.2.